The molecule has 0 aromatic heterocycles. The van der Waals surface area contributed by atoms with Crippen LogP contribution in [0.1, 0.15) is 33.1 Å². The quantitative estimate of drug-likeness (QED) is 0.755. The molecule has 3 atom stereocenters. The molecule has 3 nitrogen and oxygen atoms in total. The van der Waals surface area contributed by atoms with Crippen molar-refractivity contribution < 1.29 is 23.4 Å². The van der Waals surface area contributed by atoms with Crippen LogP contribution in [0.2, 0.25) is 0 Å². The molecule has 0 bridgehead atoms. The van der Waals surface area contributed by atoms with Gasteiger partial charge in [0.05, 0.1) is 12.7 Å². The molecule has 0 saturated carbocycles. The van der Waals surface area contributed by atoms with E-state index in [9.17, 15) is 13.9 Å². The third kappa shape index (κ3) is 6.68. The Morgan fingerprint density at radius 2 is 2.10 bits per heavy atom. The molecule has 0 aromatic carbocycles. The fourth-order valence-electron chi connectivity index (χ4n) is 2.34. The van der Waals surface area contributed by atoms with Crippen LogP contribution in [0.3, 0.4) is 0 Å². The molecular formula is C16H26F2O3. The van der Waals surface area contributed by atoms with Crippen LogP contribution in [0.4, 0.5) is 8.78 Å². The van der Waals surface area contributed by atoms with Gasteiger partial charge < -0.3 is 14.6 Å². The van der Waals surface area contributed by atoms with Crippen molar-refractivity contribution in [2.75, 3.05) is 20.3 Å². The summed E-state index contributed by atoms with van der Waals surface area (Å²) in [5, 5.41) is 10.2. The van der Waals surface area contributed by atoms with Crippen LogP contribution >= 0.6 is 0 Å². The van der Waals surface area contributed by atoms with Crippen molar-refractivity contribution in [3.8, 4) is 0 Å². The third-order valence-corrected chi connectivity index (χ3v) is 3.60. The Morgan fingerprint density at radius 1 is 1.38 bits per heavy atom. The molecule has 5 heteroatoms. The normalized spacial score (nSPS) is 36.3. The van der Waals surface area contributed by atoms with Gasteiger partial charge in [-0.1, -0.05) is 24.6 Å². The van der Waals surface area contributed by atoms with Crippen molar-refractivity contribution in [1.82, 2.24) is 0 Å². The summed E-state index contributed by atoms with van der Waals surface area (Å²) < 4.78 is 38.0. The Morgan fingerprint density at radius 3 is 2.76 bits per heavy atom. The average molecular weight is 304 g/mol. The Hall–Kier alpha value is -0.780. The van der Waals surface area contributed by atoms with Gasteiger partial charge in [-0.05, 0) is 25.8 Å². The highest BCUT2D eigenvalue weighted by atomic mass is 19.3. The molecule has 0 unspecified atom stereocenters. The molecule has 1 rings (SSSR count). The fourth-order valence-corrected chi connectivity index (χ4v) is 2.34. The molecule has 0 fully saturated rings. The molecule has 1 aliphatic rings. The van der Waals surface area contributed by atoms with Crippen LogP contribution < -0.4 is 0 Å². The lowest BCUT2D eigenvalue weighted by Gasteiger charge is -2.24. The maximum absolute atomic E-state index is 13.7. The van der Waals surface area contributed by atoms with Gasteiger partial charge in [0.25, 0.3) is 5.92 Å². The predicted molar refractivity (Wildman–Crippen MR) is 78.5 cm³/mol. The molecule has 0 amide bonds. The highest BCUT2D eigenvalue weighted by molar-refractivity contribution is 5.07. The number of hydrogen-bond acceptors (Lipinski definition) is 3. The Labute approximate surface area is 125 Å². The van der Waals surface area contributed by atoms with Crippen LogP contribution in [0.15, 0.2) is 23.8 Å². The van der Waals surface area contributed by atoms with Crippen molar-refractivity contribution in [2.45, 2.75) is 51.2 Å². The number of alkyl halides is 2. The van der Waals surface area contributed by atoms with Crippen molar-refractivity contribution in [3.63, 3.8) is 0 Å². The Balaban J connectivity index is 2.89. The summed E-state index contributed by atoms with van der Waals surface area (Å²) in [6.45, 7) is 4.70. The number of aliphatic hydroxyl groups is 1. The Kier molecular flexibility index (Phi) is 7.49. The molecule has 122 valence electrons. The zero-order valence-electron chi connectivity index (χ0n) is 13.0. The minimum atomic E-state index is -2.88. The predicted octanol–water partition coefficient (Wildman–Crippen LogP) is 3.34. The van der Waals surface area contributed by atoms with Crippen LogP contribution in [0.5, 0.6) is 0 Å². The molecule has 0 aromatic rings. The van der Waals surface area contributed by atoms with Crippen molar-refractivity contribution in [2.24, 2.45) is 5.92 Å². The number of rotatable bonds is 1. The number of halogens is 2. The molecule has 1 heterocycles. The Bertz CT molecular complexity index is 367. The van der Waals surface area contributed by atoms with Crippen LogP contribution in [0.25, 0.3) is 0 Å². The van der Waals surface area contributed by atoms with E-state index in [0.29, 0.717) is 26.1 Å². The molecule has 1 aliphatic heterocycles. The van der Waals surface area contributed by atoms with Gasteiger partial charge in [-0.15, -0.1) is 0 Å². The summed E-state index contributed by atoms with van der Waals surface area (Å²) in [4.78, 5) is 0. The minimum absolute atomic E-state index is 0.209. The topological polar surface area (TPSA) is 38.7 Å². The third-order valence-electron chi connectivity index (χ3n) is 3.60. The van der Waals surface area contributed by atoms with Crippen molar-refractivity contribution in [3.05, 3.63) is 23.8 Å². The number of ether oxygens (including phenoxy) is 2. The zero-order valence-corrected chi connectivity index (χ0v) is 13.0. The fraction of sp³-hybridized carbons (Fsp3) is 0.750. The van der Waals surface area contributed by atoms with E-state index in [-0.39, 0.29) is 12.3 Å². The molecule has 0 spiro atoms. The number of methoxy groups -OCH3 is 1. The van der Waals surface area contributed by atoms with E-state index in [0.717, 1.165) is 11.6 Å². The monoisotopic (exact) mass is 304 g/mol. The van der Waals surface area contributed by atoms with Crippen molar-refractivity contribution >= 4 is 0 Å². The second-order valence-corrected chi connectivity index (χ2v) is 5.69. The van der Waals surface area contributed by atoms with E-state index in [4.69, 9.17) is 9.47 Å². The van der Waals surface area contributed by atoms with E-state index >= 15 is 0 Å². The lowest BCUT2D eigenvalue weighted by atomic mass is 9.96. The van der Waals surface area contributed by atoms with Crippen LogP contribution in [-0.4, -0.2) is 43.6 Å². The van der Waals surface area contributed by atoms with Gasteiger partial charge in [0.2, 0.25) is 0 Å². The molecule has 0 saturated heterocycles. The van der Waals surface area contributed by atoms with E-state index in [1.807, 2.05) is 19.9 Å². The summed E-state index contributed by atoms with van der Waals surface area (Å²) in [5.41, 5.74) is 1.02. The maximum atomic E-state index is 13.7. The first-order valence-electron chi connectivity index (χ1n) is 7.39. The molecule has 21 heavy (non-hydrogen) atoms. The van der Waals surface area contributed by atoms with E-state index in [1.54, 1.807) is 0 Å². The van der Waals surface area contributed by atoms with E-state index in [2.05, 4.69) is 0 Å². The number of hydrogen-bond donors (Lipinski definition) is 1. The largest absolute Gasteiger partial charge is 0.389 e. The van der Waals surface area contributed by atoms with Gasteiger partial charge in [0.1, 0.15) is 6.10 Å². The summed E-state index contributed by atoms with van der Waals surface area (Å²) in [7, 11) is 1.41. The van der Waals surface area contributed by atoms with Crippen molar-refractivity contribution in [1.29, 1.82) is 0 Å². The second-order valence-electron chi connectivity index (χ2n) is 5.69. The summed E-state index contributed by atoms with van der Waals surface area (Å²) in [6.07, 6.45) is 3.18. The van der Waals surface area contributed by atoms with Gasteiger partial charge in [-0.2, -0.15) is 0 Å². The van der Waals surface area contributed by atoms with Gasteiger partial charge in [-0.25, -0.2) is 8.78 Å². The lowest BCUT2D eigenvalue weighted by Crippen LogP contribution is -2.32. The first-order valence-corrected chi connectivity index (χ1v) is 7.39. The van der Waals surface area contributed by atoms with Gasteiger partial charge in [-0.3, -0.25) is 0 Å². The summed E-state index contributed by atoms with van der Waals surface area (Å²) in [5.74, 6) is -3.09. The number of aliphatic hydroxyl groups excluding tert-OH is 1. The maximum Gasteiger partial charge on any atom is 0.266 e. The minimum Gasteiger partial charge on any atom is -0.389 e. The van der Waals surface area contributed by atoms with E-state index in [1.165, 1.54) is 13.2 Å². The van der Waals surface area contributed by atoms with Crippen LogP contribution in [0, 0.1) is 5.92 Å². The second kappa shape index (κ2) is 8.61. The molecule has 0 radical (unpaired) electrons. The van der Waals surface area contributed by atoms with Gasteiger partial charge in [0, 0.05) is 26.1 Å². The zero-order chi connectivity index (χ0) is 15.9. The number of allylic oxidation sites excluding steroid dienone is 1. The first kappa shape index (κ1) is 18.3. The van der Waals surface area contributed by atoms with Crippen LogP contribution in [-0.2, 0) is 9.47 Å². The van der Waals surface area contributed by atoms with Gasteiger partial charge >= 0.3 is 0 Å². The molecular weight excluding hydrogens is 278 g/mol. The van der Waals surface area contributed by atoms with E-state index < -0.39 is 18.1 Å². The highest BCUT2D eigenvalue weighted by Crippen LogP contribution is 2.25. The highest BCUT2D eigenvalue weighted by Gasteiger charge is 2.27. The SMILES string of the molecule is CO[C@H]1/C=C/C(F)(F)CCCCOC/C(C)=C\[C@@H](C)[C@@H]1O. The average Bonchev–Trinajstić information content (AvgIpc) is 2.42. The molecule has 0 aliphatic carbocycles. The first-order chi connectivity index (χ1) is 9.85. The lowest BCUT2D eigenvalue weighted by molar-refractivity contribution is -0.00573. The smallest absolute Gasteiger partial charge is 0.266 e. The summed E-state index contributed by atoms with van der Waals surface area (Å²) >= 11 is 0. The van der Waals surface area contributed by atoms with Gasteiger partial charge in [0.15, 0.2) is 0 Å². The summed E-state index contributed by atoms with van der Waals surface area (Å²) in [6, 6.07) is 0. The molecule has 1 N–H and O–H groups in total. The standard InChI is InChI=1S/C16H26F2O3/c1-12-10-13(2)15(19)14(20-3)6-8-16(17,18)7-4-5-9-21-11-12/h6,8,10,13-15,19H,4-5,7,9,11H2,1-3H3/b8-6+,12-10-/t13-,14+,15+/m1/s1.